The molecule has 1 N–H and O–H groups in total. The number of rotatable bonds is 7. The Balaban J connectivity index is 2.19. The van der Waals surface area contributed by atoms with Crippen molar-refractivity contribution < 1.29 is 16.8 Å². The fraction of sp³-hybridized carbons (Fsp3) is 0.538. The second-order valence-corrected chi connectivity index (χ2v) is 8.96. The van der Waals surface area contributed by atoms with E-state index < -0.39 is 20.0 Å². The summed E-state index contributed by atoms with van der Waals surface area (Å²) >= 11 is 0. The highest BCUT2D eigenvalue weighted by atomic mass is 32.2. The quantitative estimate of drug-likeness (QED) is 0.825. The first-order valence-corrected chi connectivity index (χ1v) is 10.3. The molecule has 0 spiro atoms. The summed E-state index contributed by atoms with van der Waals surface area (Å²) in [5, 5.41) is 0. The summed E-state index contributed by atoms with van der Waals surface area (Å²) in [6.45, 7) is 1.79. The van der Waals surface area contributed by atoms with Gasteiger partial charge in [0.1, 0.15) is 0 Å². The molecule has 0 unspecified atom stereocenters. The molecular formula is C13H20N2O4S2. The van der Waals surface area contributed by atoms with Crippen LogP contribution in [0.4, 0.5) is 11.4 Å². The van der Waals surface area contributed by atoms with Crippen molar-refractivity contribution in [3.05, 3.63) is 24.3 Å². The highest BCUT2D eigenvalue weighted by Crippen LogP contribution is 2.34. The molecule has 1 saturated carbocycles. The van der Waals surface area contributed by atoms with Crippen molar-refractivity contribution in [2.45, 2.75) is 32.2 Å². The molecule has 0 radical (unpaired) electrons. The number of hydrogen-bond acceptors (Lipinski definition) is 4. The van der Waals surface area contributed by atoms with Gasteiger partial charge in [0.05, 0.1) is 17.7 Å². The molecule has 118 valence electrons. The molecule has 0 atom stereocenters. The standard InChI is InChI=1S/C13H20N2O4S2/c1-3-10-21(18,19)14-11-4-6-12(7-5-11)15(13-8-9-13)20(2,16)17/h4-7,13-14H,3,8-10H2,1-2H3. The SMILES string of the molecule is CCCS(=O)(=O)Nc1ccc(N(C2CC2)S(C)(=O)=O)cc1. The number of benzene rings is 1. The minimum Gasteiger partial charge on any atom is -0.284 e. The number of nitrogens with zero attached hydrogens (tertiary/aromatic N) is 1. The van der Waals surface area contributed by atoms with Crippen LogP contribution >= 0.6 is 0 Å². The molecule has 6 nitrogen and oxygen atoms in total. The summed E-state index contributed by atoms with van der Waals surface area (Å²) < 4.78 is 50.9. The highest BCUT2D eigenvalue weighted by molar-refractivity contribution is 7.92. The lowest BCUT2D eigenvalue weighted by molar-refractivity contribution is 0.595. The van der Waals surface area contributed by atoms with Gasteiger partial charge in [-0.2, -0.15) is 0 Å². The van der Waals surface area contributed by atoms with E-state index in [4.69, 9.17) is 0 Å². The molecule has 2 rings (SSSR count). The van der Waals surface area contributed by atoms with E-state index in [0.29, 0.717) is 17.8 Å². The zero-order valence-corrected chi connectivity index (χ0v) is 13.7. The summed E-state index contributed by atoms with van der Waals surface area (Å²) in [6.07, 6.45) is 3.44. The molecule has 0 aliphatic heterocycles. The Morgan fingerprint density at radius 2 is 1.71 bits per heavy atom. The monoisotopic (exact) mass is 332 g/mol. The van der Waals surface area contributed by atoms with Crippen LogP contribution in [0, 0.1) is 0 Å². The lowest BCUT2D eigenvalue weighted by Crippen LogP contribution is -2.31. The molecule has 21 heavy (non-hydrogen) atoms. The summed E-state index contributed by atoms with van der Waals surface area (Å²) in [4.78, 5) is 0. The van der Waals surface area contributed by atoms with Crippen molar-refractivity contribution in [2.75, 3.05) is 21.0 Å². The van der Waals surface area contributed by atoms with E-state index in [1.807, 2.05) is 0 Å². The zero-order chi connectivity index (χ0) is 15.7. The molecule has 1 aromatic rings. The molecule has 1 aliphatic carbocycles. The van der Waals surface area contributed by atoms with Crippen molar-refractivity contribution >= 4 is 31.4 Å². The van der Waals surface area contributed by atoms with Crippen LogP contribution in [0.15, 0.2) is 24.3 Å². The molecule has 0 bridgehead atoms. The number of hydrogen-bond donors (Lipinski definition) is 1. The van der Waals surface area contributed by atoms with Crippen molar-refractivity contribution in [1.82, 2.24) is 0 Å². The molecule has 1 fully saturated rings. The van der Waals surface area contributed by atoms with E-state index in [9.17, 15) is 16.8 Å². The van der Waals surface area contributed by atoms with Crippen LogP contribution < -0.4 is 9.03 Å². The highest BCUT2D eigenvalue weighted by Gasteiger charge is 2.35. The first kappa shape index (κ1) is 16.1. The Labute approximate surface area is 126 Å². The third-order valence-electron chi connectivity index (χ3n) is 3.10. The number of sulfonamides is 2. The van der Waals surface area contributed by atoms with Crippen molar-refractivity contribution in [1.29, 1.82) is 0 Å². The van der Waals surface area contributed by atoms with Gasteiger partial charge in [0, 0.05) is 11.7 Å². The molecule has 0 saturated heterocycles. The smallest absolute Gasteiger partial charge is 0.232 e. The molecule has 0 heterocycles. The van der Waals surface area contributed by atoms with Crippen LogP contribution in [0.1, 0.15) is 26.2 Å². The Bertz CT molecular complexity index is 692. The van der Waals surface area contributed by atoms with E-state index in [2.05, 4.69) is 4.72 Å². The van der Waals surface area contributed by atoms with Crippen LogP contribution in [-0.2, 0) is 20.0 Å². The van der Waals surface area contributed by atoms with Gasteiger partial charge in [-0.05, 0) is 43.5 Å². The Morgan fingerprint density at radius 1 is 1.14 bits per heavy atom. The van der Waals surface area contributed by atoms with Crippen molar-refractivity contribution in [3.63, 3.8) is 0 Å². The van der Waals surface area contributed by atoms with E-state index in [1.165, 1.54) is 10.6 Å². The predicted octanol–water partition coefficient (Wildman–Crippen LogP) is 1.77. The van der Waals surface area contributed by atoms with E-state index >= 15 is 0 Å². The second kappa shape index (κ2) is 5.84. The van der Waals surface area contributed by atoms with E-state index in [-0.39, 0.29) is 11.8 Å². The van der Waals surface area contributed by atoms with Gasteiger partial charge in [0.2, 0.25) is 20.0 Å². The average molecular weight is 332 g/mol. The van der Waals surface area contributed by atoms with Gasteiger partial charge in [0.15, 0.2) is 0 Å². The topological polar surface area (TPSA) is 83.6 Å². The molecular weight excluding hydrogens is 312 g/mol. The minimum absolute atomic E-state index is 0.0302. The fourth-order valence-corrected chi connectivity index (χ4v) is 4.55. The van der Waals surface area contributed by atoms with Crippen LogP contribution in [0.2, 0.25) is 0 Å². The largest absolute Gasteiger partial charge is 0.284 e. The zero-order valence-electron chi connectivity index (χ0n) is 12.1. The van der Waals surface area contributed by atoms with Crippen LogP contribution in [0.3, 0.4) is 0 Å². The maximum Gasteiger partial charge on any atom is 0.232 e. The van der Waals surface area contributed by atoms with Crippen LogP contribution in [-0.4, -0.2) is 34.9 Å². The third-order valence-corrected chi connectivity index (χ3v) is 5.82. The summed E-state index contributed by atoms with van der Waals surface area (Å²) in [5.41, 5.74) is 1.01. The summed E-state index contributed by atoms with van der Waals surface area (Å²) in [7, 11) is -6.65. The molecule has 0 amide bonds. The first-order valence-electron chi connectivity index (χ1n) is 6.83. The maximum atomic E-state index is 11.8. The Kier molecular flexibility index (Phi) is 4.48. The predicted molar refractivity (Wildman–Crippen MR) is 84.5 cm³/mol. The molecule has 1 aromatic carbocycles. The number of anilines is 2. The van der Waals surface area contributed by atoms with Gasteiger partial charge >= 0.3 is 0 Å². The summed E-state index contributed by atoms with van der Waals surface area (Å²) in [5.74, 6) is 0.0618. The molecule has 1 aliphatic rings. The molecule has 0 aromatic heterocycles. The second-order valence-electron chi connectivity index (χ2n) is 5.26. The van der Waals surface area contributed by atoms with Crippen molar-refractivity contribution in [2.24, 2.45) is 0 Å². The van der Waals surface area contributed by atoms with Crippen molar-refractivity contribution in [3.8, 4) is 0 Å². The van der Waals surface area contributed by atoms with Gasteiger partial charge in [-0.25, -0.2) is 16.8 Å². The lowest BCUT2D eigenvalue weighted by atomic mass is 10.3. The van der Waals surface area contributed by atoms with Gasteiger partial charge in [-0.15, -0.1) is 0 Å². The Hall–Kier alpha value is -1.28. The lowest BCUT2D eigenvalue weighted by Gasteiger charge is -2.22. The maximum absolute atomic E-state index is 11.8. The van der Waals surface area contributed by atoms with E-state index in [0.717, 1.165) is 12.8 Å². The van der Waals surface area contributed by atoms with Crippen LogP contribution in [0.5, 0.6) is 0 Å². The van der Waals surface area contributed by atoms with Gasteiger partial charge in [-0.3, -0.25) is 9.03 Å². The first-order chi connectivity index (χ1) is 9.73. The molecule has 8 heteroatoms. The minimum atomic E-state index is -3.33. The summed E-state index contributed by atoms with van der Waals surface area (Å²) in [6, 6.07) is 6.46. The van der Waals surface area contributed by atoms with Gasteiger partial charge in [0.25, 0.3) is 0 Å². The van der Waals surface area contributed by atoms with Gasteiger partial charge < -0.3 is 0 Å². The number of nitrogens with one attached hydrogen (secondary N) is 1. The van der Waals surface area contributed by atoms with E-state index in [1.54, 1.807) is 31.2 Å². The third kappa shape index (κ3) is 4.34. The van der Waals surface area contributed by atoms with Crippen LogP contribution in [0.25, 0.3) is 0 Å². The van der Waals surface area contributed by atoms with Gasteiger partial charge in [-0.1, -0.05) is 6.92 Å². The fourth-order valence-electron chi connectivity index (χ4n) is 2.16. The average Bonchev–Trinajstić information content (AvgIpc) is 3.13. The Morgan fingerprint density at radius 3 is 2.14 bits per heavy atom. The normalized spacial score (nSPS) is 15.7.